The van der Waals surface area contributed by atoms with Gasteiger partial charge in [-0.3, -0.25) is 0 Å². The monoisotopic (exact) mass is 270 g/mol. The highest BCUT2D eigenvalue weighted by atomic mass is 16.3. The molecule has 0 aliphatic heterocycles. The van der Waals surface area contributed by atoms with Gasteiger partial charge in [-0.15, -0.1) is 0 Å². The number of fused-ring (bicyclic) bond motifs is 1. The molecule has 0 saturated carbocycles. The number of imidazole rings is 1. The van der Waals surface area contributed by atoms with Crippen LogP contribution in [0.1, 0.15) is 25.6 Å². The fourth-order valence-corrected chi connectivity index (χ4v) is 2.21. The minimum atomic E-state index is 0.699. The average Bonchev–Trinajstić information content (AvgIpc) is 3.10. The lowest BCUT2D eigenvalue weighted by Gasteiger charge is -2.07. The van der Waals surface area contributed by atoms with Gasteiger partial charge in [0.15, 0.2) is 11.5 Å². The first kappa shape index (κ1) is 12.7. The number of hydrogen-bond acceptors (Lipinski definition) is 4. The van der Waals surface area contributed by atoms with Crippen LogP contribution in [-0.4, -0.2) is 14.5 Å². The summed E-state index contributed by atoms with van der Waals surface area (Å²) in [6.07, 6.45) is 4.63. The van der Waals surface area contributed by atoms with Crippen LogP contribution in [0.3, 0.4) is 0 Å². The third kappa shape index (κ3) is 2.39. The fraction of sp³-hybridized carbons (Fsp3) is 0.333. The second-order valence-electron chi connectivity index (χ2n) is 4.63. The third-order valence-corrected chi connectivity index (χ3v) is 3.33. The van der Waals surface area contributed by atoms with Crippen molar-refractivity contribution in [3.8, 4) is 0 Å². The van der Waals surface area contributed by atoms with Gasteiger partial charge in [-0.05, 0) is 25.1 Å². The van der Waals surface area contributed by atoms with Gasteiger partial charge in [-0.25, -0.2) is 9.97 Å². The molecule has 2 aromatic heterocycles. The number of nitrogens with zero attached hydrogens (tertiary/aromatic N) is 3. The number of aromatic nitrogens is 3. The summed E-state index contributed by atoms with van der Waals surface area (Å²) in [4.78, 5) is 8.79. The first-order chi connectivity index (χ1) is 9.80. The van der Waals surface area contributed by atoms with Gasteiger partial charge in [-0.1, -0.05) is 6.92 Å². The van der Waals surface area contributed by atoms with Crippen LogP contribution in [0.25, 0.3) is 11.1 Å². The smallest absolute Gasteiger partial charge is 0.195 e. The van der Waals surface area contributed by atoms with E-state index in [1.165, 1.54) is 0 Å². The first-order valence-corrected chi connectivity index (χ1v) is 6.93. The van der Waals surface area contributed by atoms with Crippen molar-refractivity contribution in [2.24, 2.45) is 0 Å². The van der Waals surface area contributed by atoms with Crippen molar-refractivity contribution < 1.29 is 4.42 Å². The molecular weight excluding hydrogens is 252 g/mol. The second-order valence-corrected chi connectivity index (χ2v) is 4.63. The van der Waals surface area contributed by atoms with Crippen LogP contribution in [0.2, 0.25) is 0 Å². The molecule has 0 aliphatic carbocycles. The number of hydrogen-bond donors (Lipinski definition) is 1. The molecule has 3 rings (SSSR count). The average molecular weight is 270 g/mol. The number of anilines is 1. The summed E-state index contributed by atoms with van der Waals surface area (Å²) < 4.78 is 7.73. The second kappa shape index (κ2) is 5.36. The summed E-state index contributed by atoms with van der Waals surface area (Å²) in [5.74, 6) is 1.81. The van der Waals surface area contributed by atoms with Crippen molar-refractivity contribution in [1.82, 2.24) is 14.5 Å². The molecule has 0 spiro atoms. The van der Waals surface area contributed by atoms with Crippen molar-refractivity contribution in [3.63, 3.8) is 0 Å². The molecule has 0 aliphatic rings. The molecule has 0 atom stereocenters. The Hall–Kier alpha value is -2.30. The Bertz CT molecular complexity index is 714. The van der Waals surface area contributed by atoms with Crippen LogP contribution in [-0.2, 0) is 19.5 Å². The molecule has 20 heavy (non-hydrogen) atoms. The van der Waals surface area contributed by atoms with Crippen molar-refractivity contribution in [2.45, 2.75) is 33.4 Å². The molecule has 0 saturated heterocycles. The number of rotatable bonds is 5. The maximum atomic E-state index is 5.60. The molecule has 2 heterocycles. The summed E-state index contributed by atoms with van der Waals surface area (Å²) in [6, 6.07) is 5.97. The van der Waals surface area contributed by atoms with E-state index in [-0.39, 0.29) is 0 Å². The van der Waals surface area contributed by atoms with E-state index in [0.717, 1.165) is 41.5 Å². The normalized spacial score (nSPS) is 11.1. The lowest BCUT2D eigenvalue weighted by Crippen LogP contribution is -2.07. The molecule has 3 aromatic rings. The zero-order chi connectivity index (χ0) is 13.9. The minimum Gasteiger partial charge on any atom is -0.441 e. The van der Waals surface area contributed by atoms with Gasteiger partial charge in [0.25, 0.3) is 0 Å². The van der Waals surface area contributed by atoms with Gasteiger partial charge in [0, 0.05) is 31.0 Å². The number of aryl methyl sites for hydroxylation is 2. The number of oxazole rings is 1. The maximum Gasteiger partial charge on any atom is 0.195 e. The van der Waals surface area contributed by atoms with E-state index in [4.69, 9.17) is 4.42 Å². The third-order valence-electron chi connectivity index (χ3n) is 3.33. The van der Waals surface area contributed by atoms with E-state index in [0.29, 0.717) is 6.54 Å². The summed E-state index contributed by atoms with van der Waals surface area (Å²) in [6.45, 7) is 5.78. The summed E-state index contributed by atoms with van der Waals surface area (Å²) in [5, 5.41) is 3.38. The van der Waals surface area contributed by atoms with Crippen LogP contribution in [0.4, 0.5) is 5.69 Å². The summed E-state index contributed by atoms with van der Waals surface area (Å²) >= 11 is 0. The standard InChI is InChI=1S/C15H18N4O/c1-3-15-18-12-9-11(5-6-13(12)20-15)17-10-14-16-7-8-19(14)4-2/h5-9,17H,3-4,10H2,1-2H3. The SMILES string of the molecule is CCc1nc2cc(NCc3nccn3CC)ccc2o1. The lowest BCUT2D eigenvalue weighted by atomic mass is 10.3. The quantitative estimate of drug-likeness (QED) is 0.773. The van der Waals surface area contributed by atoms with E-state index in [1.54, 1.807) is 0 Å². The van der Waals surface area contributed by atoms with Gasteiger partial charge in [0.2, 0.25) is 0 Å². The highest BCUT2D eigenvalue weighted by Crippen LogP contribution is 2.20. The van der Waals surface area contributed by atoms with Crippen molar-refractivity contribution in [3.05, 3.63) is 42.3 Å². The lowest BCUT2D eigenvalue weighted by molar-refractivity contribution is 0.538. The molecule has 104 valence electrons. The van der Waals surface area contributed by atoms with Gasteiger partial charge in [0.1, 0.15) is 11.3 Å². The Labute approximate surface area is 117 Å². The Morgan fingerprint density at radius 2 is 2.20 bits per heavy atom. The molecule has 5 heteroatoms. The summed E-state index contributed by atoms with van der Waals surface area (Å²) in [7, 11) is 0. The number of benzene rings is 1. The van der Waals surface area contributed by atoms with E-state index in [9.17, 15) is 0 Å². The molecule has 0 amide bonds. The van der Waals surface area contributed by atoms with Gasteiger partial charge >= 0.3 is 0 Å². The minimum absolute atomic E-state index is 0.699. The highest BCUT2D eigenvalue weighted by Gasteiger charge is 2.06. The van der Waals surface area contributed by atoms with Crippen LogP contribution in [0, 0.1) is 0 Å². The van der Waals surface area contributed by atoms with E-state index < -0.39 is 0 Å². The van der Waals surface area contributed by atoms with Gasteiger partial charge in [-0.2, -0.15) is 0 Å². The molecule has 0 unspecified atom stereocenters. The van der Waals surface area contributed by atoms with Crippen LogP contribution >= 0.6 is 0 Å². The molecule has 5 nitrogen and oxygen atoms in total. The molecule has 0 radical (unpaired) electrons. The Balaban J connectivity index is 1.77. The van der Waals surface area contributed by atoms with E-state index >= 15 is 0 Å². The Morgan fingerprint density at radius 3 is 3.00 bits per heavy atom. The zero-order valence-electron chi connectivity index (χ0n) is 11.8. The van der Waals surface area contributed by atoms with Gasteiger partial charge < -0.3 is 14.3 Å². The molecular formula is C15H18N4O. The maximum absolute atomic E-state index is 5.60. The molecule has 0 bridgehead atoms. The number of nitrogens with one attached hydrogen (secondary N) is 1. The first-order valence-electron chi connectivity index (χ1n) is 6.93. The topological polar surface area (TPSA) is 55.9 Å². The Morgan fingerprint density at radius 1 is 1.30 bits per heavy atom. The zero-order valence-corrected chi connectivity index (χ0v) is 11.8. The molecule has 0 fully saturated rings. The molecule has 1 N–H and O–H groups in total. The van der Waals surface area contributed by atoms with E-state index in [1.807, 2.05) is 37.5 Å². The Kier molecular flexibility index (Phi) is 3.41. The van der Waals surface area contributed by atoms with Crippen LogP contribution in [0.5, 0.6) is 0 Å². The van der Waals surface area contributed by atoms with E-state index in [2.05, 4.69) is 26.8 Å². The predicted octanol–water partition coefficient (Wildman–Crippen LogP) is 3.22. The van der Waals surface area contributed by atoms with Crippen molar-refractivity contribution in [2.75, 3.05) is 5.32 Å². The van der Waals surface area contributed by atoms with Gasteiger partial charge in [0.05, 0.1) is 6.54 Å². The highest BCUT2D eigenvalue weighted by molar-refractivity contribution is 5.77. The predicted molar refractivity (Wildman–Crippen MR) is 78.6 cm³/mol. The van der Waals surface area contributed by atoms with Crippen molar-refractivity contribution in [1.29, 1.82) is 0 Å². The molecule has 1 aromatic carbocycles. The largest absolute Gasteiger partial charge is 0.441 e. The van der Waals surface area contributed by atoms with Crippen LogP contribution < -0.4 is 5.32 Å². The van der Waals surface area contributed by atoms with Crippen LogP contribution in [0.15, 0.2) is 35.0 Å². The summed E-state index contributed by atoms with van der Waals surface area (Å²) in [5.41, 5.74) is 2.76. The fourth-order valence-electron chi connectivity index (χ4n) is 2.21. The van der Waals surface area contributed by atoms with Crippen molar-refractivity contribution >= 4 is 16.8 Å².